The molecule has 0 fully saturated rings. The van der Waals surface area contributed by atoms with E-state index in [1.54, 1.807) is 0 Å². The fourth-order valence-corrected chi connectivity index (χ4v) is 12.5. The van der Waals surface area contributed by atoms with E-state index in [9.17, 15) is 0 Å². The van der Waals surface area contributed by atoms with Crippen LogP contribution in [0, 0.1) is 13.8 Å². The van der Waals surface area contributed by atoms with Crippen LogP contribution < -0.4 is 26.2 Å². The molecule has 2 heterocycles. The van der Waals surface area contributed by atoms with Gasteiger partial charge in [-0.15, -0.1) is 0 Å². The van der Waals surface area contributed by atoms with Crippen molar-refractivity contribution in [3.05, 3.63) is 148 Å². The predicted octanol–water partition coefficient (Wildman–Crippen LogP) is 15.0. The summed E-state index contributed by atoms with van der Waals surface area (Å²) in [5.74, 6) is 0. The highest BCUT2D eigenvalue weighted by molar-refractivity contribution is 7.00. The van der Waals surface area contributed by atoms with Crippen LogP contribution in [0.5, 0.6) is 0 Å². The van der Waals surface area contributed by atoms with E-state index < -0.39 is 0 Å². The van der Waals surface area contributed by atoms with Crippen LogP contribution in [-0.2, 0) is 32.5 Å². The van der Waals surface area contributed by atoms with Gasteiger partial charge in [-0.1, -0.05) is 164 Å². The molecule has 4 aliphatic rings. The molecule has 0 unspecified atom stereocenters. The number of hydrogen-bond donors (Lipinski definition) is 0. The Hall–Kier alpha value is -5.02. The zero-order chi connectivity index (χ0) is 45.8. The summed E-state index contributed by atoms with van der Waals surface area (Å²) in [5.41, 5.74) is 26.1. The summed E-state index contributed by atoms with van der Waals surface area (Å²) in [6, 6.07) is 41.3. The first-order valence-electron chi connectivity index (χ1n) is 24.2. The molecule has 2 nitrogen and oxygen atoms in total. The summed E-state index contributed by atoms with van der Waals surface area (Å²) in [6.45, 7) is 38.7. The molecule has 0 atom stereocenters. The minimum atomic E-state index is -0.103. The Morgan fingerprint density at radius 1 is 0.422 bits per heavy atom. The first-order chi connectivity index (χ1) is 29.8. The number of benzene rings is 6. The topological polar surface area (TPSA) is 6.48 Å². The van der Waals surface area contributed by atoms with Gasteiger partial charge in [0, 0.05) is 34.1 Å². The number of rotatable bonds is 3. The molecule has 6 aromatic carbocycles. The fourth-order valence-electron chi connectivity index (χ4n) is 12.5. The van der Waals surface area contributed by atoms with E-state index in [4.69, 9.17) is 0 Å². The number of nitrogens with zero attached hydrogens (tertiary/aromatic N) is 2. The molecular formula is C61H71BN2. The van der Waals surface area contributed by atoms with Crippen molar-refractivity contribution in [1.29, 1.82) is 0 Å². The Bertz CT molecular complexity index is 2910. The highest BCUT2D eigenvalue weighted by atomic mass is 15.2. The molecule has 0 saturated carbocycles. The van der Waals surface area contributed by atoms with E-state index >= 15 is 0 Å². The zero-order valence-corrected chi connectivity index (χ0v) is 41.9. The number of fused-ring (bicyclic) bond motifs is 6. The minimum absolute atomic E-state index is 0.00891. The largest absolute Gasteiger partial charge is 0.311 e. The number of aryl methyl sites for hydroxylation is 2. The van der Waals surface area contributed by atoms with E-state index in [1.165, 1.54) is 119 Å². The summed E-state index contributed by atoms with van der Waals surface area (Å²) < 4.78 is 0. The first kappa shape index (κ1) is 42.9. The van der Waals surface area contributed by atoms with Crippen molar-refractivity contribution in [3.8, 4) is 11.1 Å². The lowest BCUT2D eigenvalue weighted by Gasteiger charge is -2.48. The van der Waals surface area contributed by atoms with Crippen LogP contribution in [0.15, 0.2) is 103 Å². The maximum absolute atomic E-state index is 2.74. The minimum Gasteiger partial charge on any atom is -0.311 e. The monoisotopic (exact) mass is 843 g/mol. The molecule has 0 saturated heterocycles. The Kier molecular flexibility index (Phi) is 9.22. The lowest BCUT2D eigenvalue weighted by atomic mass is 9.33. The van der Waals surface area contributed by atoms with Crippen molar-refractivity contribution in [2.24, 2.45) is 0 Å². The average molecular weight is 843 g/mol. The molecule has 0 N–H and O–H groups in total. The van der Waals surface area contributed by atoms with Crippen molar-refractivity contribution in [2.45, 2.75) is 163 Å². The third-order valence-corrected chi connectivity index (χ3v) is 16.2. The summed E-state index contributed by atoms with van der Waals surface area (Å²) in [7, 11) is 0. The molecule has 2 aliphatic carbocycles. The molecule has 0 bridgehead atoms. The molecule has 0 radical (unpaired) electrons. The Labute approximate surface area is 386 Å². The van der Waals surface area contributed by atoms with Gasteiger partial charge >= 0.3 is 0 Å². The summed E-state index contributed by atoms with van der Waals surface area (Å²) in [4.78, 5) is 5.42. The van der Waals surface area contributed by atoms with Gasteiger partial charge in [0.1, 0.15) is 0 Å². The van der Waals surface area contributed by atoms with Gasteiger partial charge in [0.15, 0.2) is 0 Å². The van der Waals surface area contributed by atoms with Crippen LogP contribution in [0.2, 0.25) is 0 Å². The zero-order valence-electron chi connectivity index (χ0n) is 41.9. The smallest absolute Gasteiger partial charge is 0.252 e. The molecule has 6 aromatic rings. The van der Waals surface area contributed by atoms with Crippen molar-refractivity contribution >= 4 is 57.2 Å². The van der Waals surface area contributed by atoms with Gasteiger partial charge in [0.25, 0.3) is 6.71 Å². The molecular weight excluding hydrogens is 771 g/mol. The van der Waals surface area contributed by atoms with Gasteiger partial charge in [-0.2, -0.15) is 0 Å². The Morgan fingerprint density at radius 3 is 1.52 bits per heavy atom. The lowest BCUT2D eigenvalue weighted by molar-refractivity contribution is 0.332. The van der Waals surface area contributed by atoms with Crippen LogP contribution in [0.1, 0.15) is 161 Å². The summed E-state index contributed by atoms with van der Waals surface area (Å²) in [5, 5.41) is 0. The molecule has 64 heavy (non-hydrogen) atoms. The second kappa shape index (κ2) is 13.8. The van der Waals surface area contributed by atoms with E-state index in [0.29, 0.717) is 0 Å². The molecule has 328 valence electrons. The average Bonchev–Trinajstić information content (AvgIpc) is 3.39. The Morgan fingerprint density at radius 2 is 0.922 bits per heavy atom. The molecule has 2 aliphatic heterocycles. The third kappa shape index (κ3) is 6.48. The van der Waals surface area contributed by atoms with Gasteiger partial charge in [-0.05, 0) is 174 Å². The summed E-state index contributed by atoms with van der Waals surface area (Å²) >= 11 is 0. The van der Waals surface area contributed by atoms with Crippen LogP contribution in [0.3, 0.4) is 0 Å². The SMILES string of the molecule is Cc1ccc(C(C)(C)C)cc1N1c2cc(-c3ccccc3)ccc2B2c3cc4c(cc3N(c3cc5c(cc3C)C(C)(C)CC5(C)C)c3cc(C(C)(C)C)cc1c32)C(C)(C)CCC4(C)C. The van der Waals surface area contributed by atoms with Crippen LogP contribution >= 0.6 is 0 Å². The Balaban J connectivity index is 1.38. The normalized spacial score (nSPS) is 18.5. The van der Waals surface area contributed by atoms with Crippen molar-refractivity contribution in [1.82, 2.24) is 0 Å². The third-order valence-electron chi connectivity index (χ3n) is 16.2. The van der Waals surface area contributed by atoms with E-state index in [1.807, 2.05) is 0 Å². The second-order valence-corrected chi connectivity index (χ2v) is 25.0. The van der Waals surface area contributed by atoms with Crippen LogP contribution in [0.25, 0.3) is 11.1 Å². The van der Waals surface area contributed by atoms with E-state index in [2.05, 4.69) is 224 Å². The van der Waals surface area contributed by atoms with Crippen LogP contribution in [0.4, 0.5) is 34.1 Å². The fraction of sp³-hybridized carbons (Fsp3) is 0.410. The molecule has 10 rings (SSSR count). The molecule has 3 heteroatoms. The molecule has 0 aromatic heterocycles. The summed E-state index contributed by atoms with van der Waals surface area (Å²) in [6.07, 6.45) is 3.50. The second-order valence-electron chi connectivity index (χ2n) is 25.0. The van der Waals surface area contributed by atoms with Gasteiger partial charge in [0.05, 0.1) is 0 Å². The van der Waals surface area contributed by atoms with Crippen molar-refractivity contribution < 1.29 is 0 Å². The molecule has 0 amide bonds. The maximum atomic E-state index is 2.74. The quantitative estimate of drug-likeness (QED) is 0.164. The number of hydrogen-bond acceptors (Lipinski definition) is 2. The van der Waals surface area contributed by atoms with Crippen molar-refractivity contribution in [3.63, 3.8) is 0 Å². The number of anilines is 6. The first-order valence-corrected chi connectivity index (χ1v) is 24.2. The lowest BCUT2D eigenvalue weighted by Crippen LogP contribution is -2.62. The highest BCUT2D eigenvalue weighted by Gasteiger charge is 2.48. The van der Waals surface area contributed by atoms with E-state index in [-0.39, 0.29) is 39.2 Å². The molecule has 0 spiro atoms. The van der Waals surface area contributed by atoms with Crippen LogP contribution in [-0.4, -0.2) is 6.71 Å². The van der Waals surface area contributed by atoms with E-state index in [0.717, 1.165) is 6.42 Å². The van der Waals surface area contributed by atoms with Crippen molar-refractivity contribution in [2.75, 3.05) is 9.80 Å². The van der Waals surface area contributed by atoms with Gasteiger partial charge in [-0.3, -0.25) is 0 Å². The highest BCUT2D eigenvalue weighted by Crippen LogP contribution is 2.55. The predicted molar refractivity (Wildman–Crippen MR) is 279 cm³/mol. The van der Waals surface area contributed by atoms with Gasteiger partial charge < -0.3 is 9.80 Å². The van der Waals surface area contributed by atoms with Gasteiger partial charge in [-0.25, -0.2) is 0 Å². The maximum Gasteiger partial charge on any atom is 0.252 e. The standard InChI is InChI=1S/C61H71BN2/c1-37-22-24-41(56(3,4)5)30-49(37)63-51-29-40(39-20-18-17-19-21-39)23-25-47(51)62-48-33-44-45(59(11,12)27-26-58(44,9)10)35-52(48)64(54-32-42(57(6,7)8)31-53(63)55(54)62)50-34-46-43(28-38(50)2)60(13,14)36-61(46,15)16/h17-25,28-35H,26-27,36H2,1-16H3. The van der Waals surface area contributed by atoms with Gasteiger partial charge in [0.2, 0.25) is 0 Å².